The van der Waals surface area contributed by atoms with Crippen molar-refractivity contribution in [3.05, 3.63) is 35.6 Å². The summed E-state index contributed by atoms with van der Waals surface area (Å²) in [5, 5.41) is 9.82. The number of hydrogen-bond donors (Lipinski definition) is 1. The van der Waals surface area contributed by atoms with Gasteiger partial charge in [0.25, 0.3) is 5.91 Å². The van der Waals surface area contributed by atoms with Gasteiger partial charge >= 0.3 is 0 Å². The number of benzene rings is 1. The average molecular weight is 277 g/mol. The number of piperidine rings is 1. The third-order valence-electron chi connectivity index (χ3n) is 4.39. The first-order chi connectivity index (χ1) is 9.58. The molecule has 106 valence electrons. The summed E-state index contributed by atoms with van der Waals surface area (Å²) < 4.78 is 12.9. The third kappa shape index (κ3) is 2.12. The van der Waals surface area contributed by atoms with Crippen LogP contribution in [-0.4, -0.2) is 34.5 Å². The fourth-order valence-electron chi connectivity index (χ4n) is 3.29. The molecule has 0 radical (unpaired) electrons. The van der Waals surface area contributed by atoms with Crippen LogP contribution in [0.3, 0.4) is 0 Å². The number of rotatable bonds is 1. The van der Waals surface area contributed by atoms with E-state index in [2.05, 4.69) is 0 Å². The molecule has 2 amide bonds. The second-order valence-electron chi connectivity index (χ2n) is 5.51. The topological polar surface area (TPSA) is 57.6 Å². The lowest BCUT2D eigenvalue weighted by atomic mass is 9.86. The molecule has 5 heteroatoms. The molecule has 1 aliphatic carbocycles. The van der Waals surface area contributed by atoms with Gasteiger partial charge in [0.1, 0.15) is 5.82 Å². The number of aliphatic hydroxyl groups is 1. The quantitative estimate of drug-likeness (QED) is 0.793. The largest absolute Gasteiger partial charge is 0.393 e. The van der Waals surface area contributed by atoms with Crippen LogP contribution in [0.25, 0.3) is 0 Å². The summed E-state index contributed by atoms with van der Waals surface area (Å²) in [6.45, 7) is 0.327. The predicted molar refractivity (Wildman–Crippen MR) is 69.3 cm³/mol. The number of fused-ring (bicyclic) bond motifs is 1. The molecule has 3 atom stereocenters. The van der Waals surface area contributed by atoms with Gasteiger partial charge < -0.3 is 5.11 Å². The van der Waals surface area contributed by atoms with Gasteiger partial charge in [-0.3, -0.25) is 14.5 Å². The second-order valence-corrected chi connectivity index (χ2v) is 5.51. The Morgan fingerprint density at radius 2 is 1.90 bits per heavy atom. The van der Waals surface area contributed by atoms with E-state index in [0.717, 1.165) is 0 Å². The van der Waals surface area contributed by atoms with Crippen LogP contribution in [0.5, 0.6) is 0 Å². The summed E-state index contributed by atoms with van der Waals surface area (Å²) in [6.07, 6.45) is 1.48. The SMILES string of the molecule is O=C(c1ccc(F)cc1)N1CCC2C(O)CCC2C1=O. The first-order valence-electron chi connectivity index (χ1n) is 6.87. The number of hydrogen-bond acceptors (Lipinski definition) is 3. The highest BCUT2D eigenvalue weighted by molar-refractivity contribution is 6.05. The molecule has 1 aliphatic heterocycles. The number of likely N-dealkylation sites (tertiary alicyclic amines) is 1. The number of amides is 2. The molecule has 0 aromatic heterocycles. The van der Waals surface area contributed by atoms with Gasteiger partial charge in [0.15, 0.2) is 0 Å². The Labute approximate surface area is 116 Å². The van der Waals surface area contributed by atoms with Gasteiger partial charge in [0.05, 0.1) is 6.10 Å². The van der Waals surface area contributed by atoms with E-state index in [0.29, 0.717) is 31.4 Å². The maximum atomic E-state index is 12.9. The highest BCUT2D eigenvalue weighted by Gasteiger charge is 2.45. The lowest BCUT2D eigenvalue weighted by Gasteiger charge is -2.34. The van der Waals surface area contributed by atoms with Gasteiger partial charge in [-0.25, -0.2) is 4.39 Å². The van der Waals surface area contributed by atoms with Crippen LogP contribution in [-0.2, 0) is 4.79 Å². The summed E-state index contributed by atoms with van der Waals surface area (Å²) in [4.78, 5) is 25.9. The zero-order chi connectivity index (χ0) is 14.3. The number of carbonyl (C=O) groups is 2. The van der Waals surface area contributed by atoms with Crippen LogP contribution in [0.15, 0.2) is 24.3 Å². The van der Waals surface area contributed by atoms with Crippen LogP contribution in [0, 0.1) is 17.7 Å². The molecule has 3 rings (SSSR count). The fourth-order valence-corrected chi connectivity index (χ4v) is 3.29. The van der Waals surface area contributed by atoms with Crippen molar-refractivity contribution in [3.8, 4) is 0 Å². The van der Waals surface area contributed by atoms with Gasteiger partial charge in [0.2, 0.25) is 5.91 Å². The molecule has 2 fully saturated rings. The predicted octanol–water partition coefficient (Wildman–Crippen LogP) is 1.59. The Kier molecular flexibility index (Phi) is 3.30. The Hall–Kier alpha value is -1.75. The molecule has 1 saturated heterocycles. The summed E-state index contributed by atoms with van der Waals surface area (Å²) in [5.41, 5.74) is 0.316. The van der Waals surface area contributed by atoms with Gasteiger partial charge in [-0.1, -0.05) is 0 Å². The molecular formula is C15H16FNO3. The van der Waals surface area contributed by atoms with E-state index in [-0.39, 0.29) is 23.7 Å². The molecule has 4 nitrogen and oxygen atoms in total. The molecule has 1 saturated carbocycles. The van der Waals surface area contributed by atoms with Crippen LogP contribution >= 0.6 is 0 Å². The third-order valence-corrected chi connectivity index (χ3v) is 4.39. The smallest absolute Gasteiger partial charge is 0.260 e. The molecule has 2 aliphatic rings. The summed E-state index contributed by atoms with van der Waals surface area (Å²) in [7, 11) is 0. The summed E-state index contributed by atoms with van der Waals surface area (Å²) >= 11 is 0. The standard InChI is InChI=1S/C15H16FNO3/c16-10-3-1-9(2-4-10)14(19)17-8-7-11-12(15(17)20)5-6-13(11)18/h1-4,11-13,18H,5-8H2. The second kappa shape index (κ2) is 4.98. The highest BCUT2D eigenvalue weighted by Crippen LogP contribution is 2.39. The Morgan fingerprint density at radius 1 is 1.20 bits per heavy atom. The zero-order valence-corrected chi connectivity index (χ0v) is 11.0. The first-order valence-corrected chi connectivity index (χ1v) is 6.87. The molecule has 1 aromatic rings. The molecule has 0 bridgehead atoms. The molecule has 3 unspecified atom stereocenters. The van der Waals surface area contributed by atoms with E-state index in [9.17, 15) is 19.1 Å². The van der Waals surface area contributed by atoms with E-state index < -0.39 is 11.9 Å². The van der Waals surface area contributed by atoms with Crippen LogP contribution in [0.4, 0.5) is 4.39 Å². The normalized spacial score (nSPS) is 29.4. The maximum Gasteiger partial charge on any atom is 0.260 e. The number of imide groups is 1. The van der Waals surface area contributed by atoms with Crippen molar-refractivity contribution >= 4 is 11.8 Å². The van der Waals surface area contributed by atoms with Crippen molar-refractivity contribution in [2.75, 3.05) is 6.54 Å². The number of aliphatic hydroxyl groups excluding tert-OH is 1. The monoisotopic (exact) mass is 277 g/mol. The molecule has 1 N–H and O–H groups in total. The number of nitrogens with zero attached hydrogens (tertiary/aromatic N) is 1. The zero-order valence-electron chi connectivity index (χ0n) is 11.0. The highest BCUT2D eigenvalue weighted by atomic mass is 19.1. The summed E-state index contributed by atoms with van der Waals surface area (Å²) in [6, 6.07) is 5.20. The van der Waals surface area contributed by atoms with Crippen molar-refractivity contribution in [2.45, 2.75) is 25.4 Å². The Morgan fingerprint density at radius 3 is 2.60 bits per heavy atom. The number of halogens is 1. The van der Waals surface area contributed by atoms with Crippen LogP contribution < -0.4 is 0 Å². The van der Waals surface area contributed by atoms with E-state index in [1.165, 1.54) is 29.2 Å². The molecule has 0 spiro atoms. The fraction of sp³-hybridized carbons (Fsp3) is 0.467. The van der Waals surface area contributed by atoms with Gasteiger partial charge in [-0.2, -0.15) is 0 Å². The Balaban J connectivity index is 1.79. The minimum atomic E-state index is -0.424. The molecule has 20 heavy (non-hydrogen) atoms. The van der Waals surface area contributed by atoms with Crippen molar-refractivity contribution in [3.63, 3.8) is 0 Å². The van der Waals surface area contributed by atoms with E-state index in [1.807, 2.05) is 0 Å². The maximum absolute atomic E-state index is 12.9. The van der Waals surface area contributed by atoms with E-state index in [1.54, 1.807) is 0 Å². The van der Waals surface area contributed by atoms with Gasteiger partial charge in [-0.15, -0.1) is 0 Å². The lowest BCUT2D eigenvalue weighted by Crippen LogP contribution is -2.48. The first kappa shape index (κ1) is 13.2. The van der Waals surface area contributed by atoms with E-state index in [4.69, 9.17) is 0 Å². The van der Waals surface area contributed by atoms with Crippen molar-refractivity contribution < 1.29 is 19.1 Å². The molecular weight excluding hydrogens is 261 g/mol. The average Bonchev–Trinajstić information content (AvgIpc) is 2.82. The number of carbonyl (C=O) groups excluding carboxylic acids is 2. The van der Waals surface area contributed by atoms with Crippen LogP contribution in [0.2, 0.25) is 0 Å². The van der Waals surface area contributed by atoms with Crippen molar-refractivity contribution in [1.82, 2.24) is 4.90 Å². The van der Waals surface area contributed by atoms with Gasteiger partial charge in [0, 0.05) is 18.0 Å². The lowest BCUT2D eigenvalue weighted by molar-refractivity contribution is -0.138. The minimum absolute atomic E-state index is 0.0141. The molecule has 1 aromatic carbocycles. The Bertz CT molecular complexity index is 543. The van der Waals surface area contributed by atoms with E-state index >= 15 is 0 Å². The molecule has 1 heterocycles. The minimum Gasteiger partial charge on any atom is -0.393 e. The van der Waals surface area contributed by atoms with Crippen molar-refractivity contribution in [2.24, 2.45) is 11.8 Å². The van der Waals surface area contributed by atoms with Gasteiger partial charge in [-0.05, 0) is 49.4 Å². The van der Waals surface area contributed by atoms with Crippen molar-refractivity contribution in [1.29, 1.82) is 0 Å². The summed E-state index contributed by atoms with van der Waals surface area (Å²) in [5.74, 6) is -1.25. The van der Waals surface area contributed by atoms with Crippen LogP contribution in [0.1, 0.15) is 29.6 Å².